The molecule has 2 N–H and O–H groups in total. The molecule has 1 aromatic heterocycles. The standard InChI is InChI=1S/C20H16Cl2F3N5O/c1-11-26-17(22)10-18(27-11)30(2)14-5-3-4-12(8-14)28-19(31)29-13-6-7-16(21)15(9-13)20(23,24)25/h3-10H,1-2H3,(H2,28,29,31). The van der Waals surface area contributed by atoms with Crippen LogP contribution in [-0.4, -0.2) is 23.0 Å². The van der Waals surface area contributed by atoms with Gasteiger partial charge in [-0.15, -0.1) is 0 Å². The monoisotopic (exact) mass is 469 g/mol. The largest absolute Gasteiger partial charge is 0.417 e. The zero-order valence-electron chi connectivity index (χ0n) is 16.3. The van der Waals surface area contributed by atoms with Crippen molar-refractivity contribution in [1.82, 2.24) is 9.97 Å². The van der Waals surface area contributed by atoms with Crippen LogP contribution in [0.2, 0.25) is 10.2 Å². The van der Waals surface area contributed by atoms with E-state index in [4.69, 9.17) is 23.2 Å². The molecule has 0 bridgehead atoms. The highest BCUT2D eigenvalue weighted by molar-refractivity contribution is 6.31. The molecule has 0 radical (unpaired) electrons. The third-order valence-electron chi connectivity index (χ3n) is 4.16. The van der Waals surface area contributed by atoms with E-state index in [0.717, 1.165) is 12.1 Å². The van der Waals surface area contributed by atoms with Crippen LogP contribution in [0.15, 0.2) is 48.5 Å². The Morgan fingerprint density at radius 1 is 1.00 bits per heavy atom. The summed E-state index contributed by atoms with van der Waals surface area (Å²) in [5, 5.41) is 4.79. The highest BCUT2D eigenvalue weighted by atomic mass is 35.5. The number of halogens is 5. The average molecular weight is 470 g/mol. The highest BCUT2D eigenvalue weighted by Crippen LogP contribution is 2.36. The minimum atomic E-state index is -4.63. The second-order valence-electron chi connectivity index (χ2n) is 6.48. The quantitative estimate of drug-likeness (QED) is 0.426. The molecule has 3 rings (SSSR count). The molecule has 0 aliphatic rings. The van der Waals surface area contributed by atoms with Gasteiger partial charge in [-0.3, -0.25) is 0 Å². The number of nitrogens with one attached hydrogen (secondary N) is 2. The van der Waals surface area contributed by atoms with Gasteiger partial charge in [0.1, 0.15) is 16.8 Å². The van der Waals surface area contributed by atoms with Crippen LogP contribution < -0.4 is 15.5 Å². The number of rotatable bonds is 4. The van der Waals surface area contributed by atoms with Crippen molar-refractivity contribution in [3.05, 3.63) is 70.1 Å². The average Bonchev–Trinajstić information content (AvgIpc) is 2.67. The molecular weight excluding hydrogens is 454 g/mol. The zero-order valence-corrected chi connectivity index (χ0v) is 17.8. The first-order chi connectivity index (χ1) is 14.5. The molecule has 0 unspecified atom stereocenters. The van der Waals surface area contributed by atoms with E-state index in [1.165, 1.54) is 6.07 Å². The summed E-state index contributed by atoms with van der Waals surface area (Å²) in [6, 6.07) is 10.8. The lowest BCUT2D eigenvalue weighted by atomic mass is 10.2. The number of benzene rings is 2. The second-order valence-corrected chi connectivity index (χ2v) is 7.27. The van der Waals surface area contributed by atoms with Crippen LogP contribution in [0.4, 0.5) is 40.8 Å². The normalized spacial score (nSPS) is 11.2. The van der Waals surface area contributed by atoms with Gasteiger partial charge < -0.3 is 15.5 Å². The topological polar surface area (TPSA) is 70.2 Å². The predicted molar refractivity (Wildman–Crippen MR) is 115 cm³/mol. The number of alkyl halides is 3. The van der Waals surface area contributed by atoms with Crippen LogP contribution in [0.3, 0.4) is 0 Å². The molecule has 1 heterocycles. The number of carbonyl (C=O) groups is 1. The van der Waals surface area contributed by atoms with Crippen molar-refractivity contribution in [2.24, 2.45) is 0 Å². The Labute approximate surface area is 186 Å². The fourth-order valence-electron chi connectivity index (χ4n) is 2.73. The van der Waals surface area contributed by atoms with E-state index >= 15 is 0 Å². The van der Waals surface area contributed by atoms with Crippen molar-refractivity contribution in [3.63, 3.8) is 0 Å². The molecule has 6 nitrogen and oxygen atoms in total. The van der Waals surface area contributed by atoms with E-state index in [9.17, 15) is 18.0 Å². The number of aryl methyl sites for hydroxylation is 1. The first-order valence-corrected chi connectivity index (χ1v) is 9.58. The smallest absolute Gasteiger partial charge is 0.329 e. The summed E-state index contributed by atoms with van der Waals surface area (Å²) < 4.78 is 39.0. The van der Waals surface area contributed by atoms with Crippen molar-refractivity contribution in [2.75, 3.05) is 22.6 Å². The van der Waals surface area contributed by atoms with E-state index in [1.54, 1.807) is 49.2 Å². The summed E-state index contributed by atoms with van der Waals surface area (Å²) in [5.41, 5.74) is 0.0320. The van der Waals surface area contributed by atoms with E-state index in [0.29, 0.717) is 28.2 Å². The molecule has 0 aliphatic heterocycles. The summed E-state index contributed by atoms with van der Waals surface area (Å²) in [5.74, 6) is 1.06. The molecule has 0 atom stereocenters. The number of urea groups is 1. The van der Waals surface area contributed by atoms with Gasteiger partial charge in [0, 0.05) is 30.2 Å². The summed E-state index contributed by atoms with van der Waals surface area (Å²) in [6.07, 6.45) is -4.63. The first kappa shape index (κ1) is 22.6. The Morgan fingerprint density at radius 2 is 1.68 bits per heavy atom. The fraction of sp³-hybridized carbons (Fsp3) is 0.150. The molecule has 0 aliphatic carbocycles. The van der Waals surface area contributed by atoms with Crippen LogP contribution in [0, 0.1) is 6.92 Å². The lowest BCUT2D eigenvalue weighted by molar-refractivity contribution is -0.137. The Kier molecular flexibility index (Phi) is 6.56. The van der Waals surface area contributed by atoms with Gasteiger partial charge in [-0.2, -0.15) is 13.2 Å². The maximum absolute atomic E-state index is 13.0. The van der Waals surface area contributed by atoms with E-state index in [1.807, 2.05) is 0 Å². The second kappa shape index (κ2) is 8.99. The van der Waals surface area contributed by atoms with Crippen molar-refractivity contribution < 1.29 is 18.0 Å². The van der Waals surface area contributed by atoms with Crippen LogP contribution in [0.1, 0.15) is 11.4 Å². The highest BCUT2D eigenvalue weighted by Gasteiger charge is 2.33. The number of anilines is 4. The molecule has 0 saturated heterocycles. The molecule has 0 saturated carbocycles. The minimum Gasteiger partial charge on any atom is -0.329 e. The fourth-order valence-corrected chi connectivity index (χ4v) is 3.17. The molecule has 2 aromatic carbocycles. The van der Waals surface area contributed by atoms with Gasteiger partial charge in [0.2, 0.25) is 0 Å². The molecule has 31 heavy (non-hydrogen) atoms. The lowest BCUT2D eigenvalue weighted by Crippen LogP contribution is -2.20. The molecule has 0 spiro atoms. The van der Waals surface area contributed by atoms with Gasteiger partial charge >= 0.3 is 12.2 Å². The molecule has 3 aromatic rings. The van der Waals surface area contributed by atoms with E-state index in [2.05, 4.69) is 20.6 Å². The maximum atomic E-state index is 13.0. The minimum absolute atomic E-state index is 0.0476. The Hall–Kier alpha value is -3.04. The molecule has 2 amide bonds. The van der Waals surface area contributed by atoms with Crippen LogP contribution in [-0.2, 0) is 6.18 Å². The maximum Gasteiger partial charge on any atom is 0.417 e. The zero-order chi connectivity index (χ0) is 22.8. The molecule has 0 fully saturated rings. The van der Waals surface area contributed by atoms with Gasteiger partial charge in [-0.05, 0) is 43.3 Å². The van der Waals surface area contributed by atoms with Crippen LogP contribution >= 0.6 is 23.2 Å². The van der Waals surface area contributed by atoms with Gasteiger partial charge in [0.15, 0.2) is 0 Å². The van der Waals surface area contributed by atoms with Crippen molar-refractivity contribution >= 4 is 52.1 Å². The molecule has 162 valence electrons. The van der Waals surface area contributed by atoms with Gasteiger partial charge in [-0.25, -0.2) is 14.8 Å². The Bertz CT molecular complexity index is 1100. The van der Waals surface area contributed by atoms with Crippen molar-refractivity contribution in [2.45, 2.75) is 13.1 Å². The van der Waals surface area contributed by atoms with Crippen LogP contribution in [0.5, 0.6) is 0 Å². The predicted octanol–water partition coefficient (Wildman–Crippen LogP) is 6.52. The number of nitrogens with zero attached hydrogens (tertiary/aromatic N) is 3. The van der Waals surface area contributed by atoms with Crippen molar-refractivity contribution in [3.8, 4) is 0 Å². The van der Waals surface area contributed by atoms with Gasteiger partial charge in [0.25, 0.3) is 0 Å². The van der Waals surface area contributed by atoms with E-state index < -0.39 is 22.8 Å². The third kappa shape index (κ3) is 5.77. The third-order valence-corrected chi connectivity index (χ3v) is 4.68. The Morgan fingerprint density at radius 3 is 2.32 bits per heavy atom. The van der Waals surface area contributed by atoms with Gasteiger partial charge in [0.05, 0.1) is 10.6 Å². The van der Waals surface area contributed by atoms with Crippen molar-refractivity contribution in [1.29, 1.82) is 0 Å². The SMILES string of the molecule is Cc1nc(Cl)cc(N(C)c2cccc(NC(=O)Nc3ccc(Cl)c(C(F)(F)F)c3)c2)n1. The number of hydrogen-bond acceptors (Lipinski definition) is 4. The first-order valence-electron chi connectivity index (χ1n) is 8.82. The Balaban J connectivity index is 1.74. The van der Waals surface area contributed by atoms with Crippen LogP contribution in [0.25, 0.3) is 0 Å². The number of amides is 2. The molecular formula is C20H16Cl2F3N5O. The summed E-state index contributed by atoms with van der Waals surface area (Å²) in [6.45, 7) is 1.71. The number of aromatic nitrogens is 2. The number of carbonyl (C=O) groups excluding carboxylic acids is 1. The summed E-state index contributed by atoms with van der Waals surface area (Å²) in [7, 11) is 1.77. The molecule has 11 heteroatoms. The van der Waals surface area contributed by atoms with Gasteiger partial charge in [-0.1, -0.05) is 29.3 Å². The summed E-state index contributed by atoms with van der Waals surface area (Å²) in [4.78, 5) is 22.4. The number of hydrogen-bond donors (Lipinski definition) is 2. The summed E-state index contributed by atoms with van der Waals surface area (Å²) >= 11 is 11.6. The van der Waals surface area contributed by atoms with E-state index in [-0.39, 0.29) is 5.69 Å². The lowest BCUT2D eigenvalue weighted by Gasteiger charge is -2.19.